The molecule has 1 N–H and O–H groups in total. The lowest BCUT2D eigenvalue weighted by molar-refractivity contribution is -0.122. The Hall–Kier alpha value is -3.56. The van der Waals surface area contributed by atoms with E-state index in [4.69, 9.17) is 21.1 Å². The molecule has 8 nitrogen and oxygen atoms in total. The van der Waals surface area contributed by atoms with Gasteiger partial charge in [-0.25, -0.2) is 13.2 Å². The van der Waals surface area contributed by atoms with Gasteiger partial charge < -0.3 is 14.8 Å². The minimum absolute atomic E-state index is 0.177. The number of methoxy groups -OCH3 is 1. The minimum Gasteiger partial charge on any atom is -0.476 e. The highest BCUT2D eigenvalue weighted by Crippen LogP contribution is 2.36. The zero-order valence-corrected chi connectivity index (χ0v) is 19.7. The van der Waals surface area contributed by atoms with Crippen LogP contribution >= 0.6 is 11.6 Å². The fourth-order valence-corrected chi connectivity index (χ4v) is 5.29. The molecule has 1 aliphatic rings. The Morgan fingerprint density at radius 2 is 1.79 bits per heavy atom. The summed E-state index contributed by atoms with van der Waals surface area (Å²) >= 11 is 6.19. The zero-order valence-electron chi connectivity index (χ0n) is 18.1. The third-order valence-electron chi connectivity index (χ3n) is 5.20. The highest BCUT2D eigenvalue weighted by Gasteiger charge is 2.37. The first kappa shape index (κ1) is 23.6. The number of halogens is 1. The van der Waals surface area contributed by atoms with E-state index in [1.165, 1.54) is 29.6 Å². The van der Waals surface area contributed by atoms with Crippen molar-refractivity contribution in [3.8, 4) is 5.75 Å². The molecule has 0 saturated heterocycles. The van der Waals surface area contributed by atoms with Crippen LogP contribution in [0.5, 0.6) is 5.75 Å². The molecule has 1 heterocycles. The van der Waals surface area contributed by atoms with Crippen molar-refractivity contribution in [2.75, 3.05) is 23.3 Å². The van der Waals surface area contributed by atoms with Crippen molar-refractivity contribution >= 4 is 44.9 Å². The number of benzene rings is 3. The van der Waals surface area contributed by atoms with Crippen molar-refractivity contribution in [3.63, 3.8) is 0 Å². The smallest absolute Gasteiger partial charge is 0.337 e. The van der Waals surface area contributed by atoms with Crippen LogP contribution in [0.25, 0.3) is 0 Å². The van der Waals surface area contributed by atoms with E-state index in [-0.39, 0.29) is 34.3 Å². The maximum Gasteiger partial charge on any atom is 0.337 e. The quantitative estimate of drug-likeness (QED) is 0.516. The molecular formula is C24H21ClN2O6S. The first-order valence-corrected chi connectivity index (χ1v) is 12.3. The summed E-state index contributed by atoms with van der Waals surface area (Å²) in [5.41, 5.74) is 1.35. The van der Waals surface area contributed by atoms with Gasteiger partial charge in [-0.05, 0) is 35.9 Å². The predicted octanol–water partition coefficient (Wildman–Crippen LogP) is 3.86. The number of ether oxygens (including phenoxy) is 2. The van der Waals surface area contributed by atoms with E-state index < -0.39 is 28.0 Å². The number of esters is 1. The van der Waals surface area contributed by atoms with Crippen LogP contribution in [0.1, 0.15) is 15.9 Å². The van der Waals surface area contributed by atoms with Crippen LogP contribution in [0.4, 0.5) is 11.4 Å². The molecule has 1 atom stereocenters. The van der Waals surface area contributed by atoms with Gasteiger partial charge in [0.25, 0.3) is 5.91 Å². The molecule has 34 heavy (non-hydrogen) atoms. The number of fused-ring (bicyclic) bond motifs is 1. The van der Waals surface area contributed by atoms with Crippen molar-refractivity contribution in [3.05, 3.63) is 88.9 Å². The molecule has 0 unspecified atom stereocenters. The largest absolute Gasteiger partial charge is 0.476 e. The lowest BCUT2D eigenvalue weighted by Crippen LogP contribution is -2.49. The van der Waals surface area contributed by atoms with Gasteiger partial charge in [0.2, 0.25) is 10.0 Å². The topological polar surface area (TPSA) is 102 Å². The summed E-state index contributed by atoms with van der Waals surface area (Å²) in [6.07, 6.45) is -1.15. The number of hydrogen-bond acceptors (Lipinski definition) is 6. The van der Waals surface area contributed by atoms with Gasteiger partial charge in [0.15, 0.2) is 6.10 Å². The fourth-order valence-electron chi connectivity index (χ4n) is 3.54. The highest BCUT2D eigenvalue weighted by molar-refractivity contribution is 7.92. The maximum atomic E-state index is 13.3. The number of nitrogens with zero attached hydrogens (tertiary/aromatic N) is 1. The van der Waals surface area contributed by atoms with E-state index in [1.54, 1.807) is 54.6 Å². The second-order valence-electron chi connectivity index (χ2n) is 7.52. The fraction of sp³-hybridized carbons (Fsp3) is 0.167. The summed E-state index contributed by atoms with van der Waals surface area (Å²) in [5.74, 6) is -1.17. The molecule has 0 aliphatic carbocycles. The summed E-state index contributed by atoms with van der Waals surface area (Å²) in [4.78, 5) is 24.9. The van der Waals surface area contributed by atoms with E-state index in [0.717, 1.165) is 0 Å². The average Bonchev–Trinajstić information content (AvgIpc) is 2.84. The molecular weight excluding hydrogens is 480 g/mol. The molecule has 176 valence electrons. The third-order valence-corrected chi connectivity index (χ3v) is 7.25. The number of nitrogens with one attached hydrogen (secondary N) is 1. The monoisotopic (exact) mass is 500 g/mol. The summed E-state index contributed by atoms with van der Waals surface area (Å²) in [5, 5.41) is 2.83. The number of carbonyl (C=O) groups is 2. The zero-order chi connectivity index (χ0) is 24.3. The lowest BCUT2D eigenvalue weighted by Gasteiger charge is -2.34. The molecule has 10 heteroatoms. The van der Waals surface area contributed by atoms with Crippen molar-refractivity contribution in [2.45, 2.75) is 11.9 Å². The minimum atomic E-state index is -3.83. The van der Waals surface area contributed by atoms with Crippen LogP contribution in [0.2, 0.25) is 5.02 Å². The molecule has 4 rings (SSSR count). The Balaban J connectivity index is 1.61. The van der Waals surface area contributed by atoms with Crippen LogP contribution in [0.15, 0.2) is 72.8 Å². The first-order chi connectivity index (χ1) is 16.3. The second kappa shape index (κ2) is 9.74. The van der Waals surface area contributed by atoms with E-state index >= 15 is 0 Å². The van der Waals surface area contributed by atoms with Crippen LogP contribution in [0.3, 0.4) is 0 Å². The van der Waals surface area contributed by atoms with Gasteiger partial charge in [0, 0.05) is 0 Å². The molecule has 0 aromatic heterocycles. The van der Waals surface area contributed by atoms with Gasteiger partial charge in [-0.1, -0.05) is 54.1 Å². The van der Waals surface area contributed by atoms with E-state index in [1.807, 2.05) is 0 Å². The van der Waals surface area contributed by atoms with Crippen molar-refractivity contribution in [1.29, 1.82) is 0 Å². The van der Waals surface area contributed by atoms with Gasteiger partial charge in [-0.15, -0.1) is 0 Å². The molecule has 0 saturated carbocycles. The summed E-state index contributed by atoms with van der Waals surface area (Å²) < 4.78 is 38.4. The molecule has 3 aromatic carbocycles. The SMILES string of the molecule is COC(=O)c1ccc(Cl)c(NC(=O)[C@@H]2CN(S(=O)(=O)Cc3ccccc3)c3ccccc3O2)c1. The molecule has 0 bridgehead atoms. The standard InChI is InChI=1S/C24H21ClN2O6S/c1-32-24(29)17-11-12-18(25)19(13-17)26-23(28)22-14-27(20-9-5-6-10-21(20)33-22)34(30,31)15-16-7-3-2-4-8-16/h2-13,22H,14-15H2,1H3,(H,26,28)/t22-/m0/s1. The van der Waals surface area contributed by atoms with Crippen LogP contribution in [0, 0.1) is 0 Å². The molecule has 0 fully saturated rings. The van der Waals surface area contributed by atoms with E-state index in [9.17, 15) is 18.0 Å². The van der Waals surface area contributed by atoms with Gasteiger partial charge in [0.1, 0.15) is 5.75 Å². The number of hydrogen-bond donors (Lipinski definition) is 1. The Kier molecular flexibility index (Phi) is 6.76. The molecule has 0 spiro atoms. The van der Waals surface area contributed by atoms with Crippen molar-refractivity contribution in [1.82, 2.24) is 0 Å². The number of para-hydroxylation sites is 2. The summed E-state index contributed by atoms with van der Waals surface area (Å²) in [6, 6.07) is 19.7. The third kappa shape index (κ3) is 5.00. The summed E-state index contributed by atoms with van der Waals surface area (Å²) in [6.45, 7) is -0.230. The van der Waals surface area contributed by atoms with Crippen molar-refractivity contribution in [2.24, 2.45) is 0 Å². The van der Waals surface area contributed by atoms with Gasteiger partial charge in [-0.3, -0.25) is 9.10 Å². The highest BCUT2D eigenvalue weighted by atomic mass is 35.5. The number of anilines is 2. The maximum absolute atomic E-state index is 13.3. The van der Waals surface area contributed by atoms with Gasteiger partial charge >= 0.3 is 5.97 Å². The predicted molar refractivity (Wildman–Crippen MR) is 129 cm³/mol. The first-order valence-electron chi connectivity index (χ1n) is 10.3. The van der Waals surface area contributed by atoms with E-state index in [0.29, 0.717) is 11.3 Å². The van der Waals surface area contributed by atoms with Gasteiger partial charge in [-0.2, -0.15) is 0 Å². The number of amides is 1. The molecule has 3 aromatic rings. The average molecular weight is 501 g/mol. The number of rotatable bonds is 6. The Morgan fingerprint density at radius 3 is 2.53 bits per heavy atom. The van der Waals surface area contributed by atoms with Crippen molar-refractivity contribution < 1.29 is 27.5 Å². The molecule has 1 aliphatic heterocycles. The summed E-state index contributed by atoms with van der Waals surface area (Å²) in [7, 11) is -2.59. The number of carbonyl (C=O) groups excluding carboxylic acids is 2. The number of sulfonamides is 1. The van der Waals surface area contributed by atoms with Gasteiger partial charge in [0.05, 0.1) is 41.4 Å². The Bertz CT molecular complexity index is 1330. The van der Waals surface area contributed by atoms with Crippen LogP contribution in [-0.4, -0.2) is 40.1 Å². The Labute approximate surface area is 202 Å². The Morgan fingerprint density at radius 1 is 1.09 bits per heavy atom. The lowest BCUT2D eigenvalue weighted by atomic mass is 10.2. The van der Waals surface area contributed by atoms with E-state index in [2.05, 4.69) is 5.32 Å². The molecule has 0 radical (unpaired) electrons. The van der Waals surface area contributed by atoms with Crippen LogP contribution < -0.4 is 14.4 Å². The normalized spacial score (nSPS) is 15.1. The molecule has 1 amide bonds. The van der Waals surface area contributed by atoms with Crippen LogP contribution in [-0.2, 0) is 25.3 Å². The second-order valence-corrected chi connectivity index (χ2v) is 9.82.